The van der Waals surface area contributed by atoms with E-state index in [1.165, 1.54) is 0 Å². The largest absolute Gasteiger partial charge is 0.496 e. The maximum absolute atomic E-state index is 5.90. The van der Waals surface area contributed by atoms with E-state index in [0.29, 0.717) is 13.2 Å². The third-order valence-corrected chi connectivity index (χ3v) is 5.14. The van der Waals surface area contributed by atoms with E-state index in [2.05, 4.69) is 22.3 Å². The summed E-state index contributed by atoms with van der Waals surface area (Å²) in [4.78, 5) is 2.46. The molecule has 0 spiro atoms. The highest BCUT2D eigenvalue weighted by Gasteiger charge is 2.30. The minimum absolute atomic E-state index is 0.0157. The molecule has 1 atom stereocenters. The highest BCUT2D eigenvalue weighted by molar-refractivity contribution is 5.53. The first-order chi connectivity index (χ1) is 14.2. The number of methoxy groups -OCH3 is 2. The van der Waals surface area contributed by atoms with Gasteiger partial charge in [0.2, 0.25) is 0 Å². The lowest BCUT2D eigenvalue weighted by atomic mass is 9.94. The normalized spacial score (nSPS) is 15.6. The summed E-state index contributed by atoms with van der Waals surface area (Å²) < 4.78 is 23.2. The molecule has 3 rings (SSSR count). The van der Waals surface area contributed by atoms with E-state index < -0.39 is 0 Å². The van der Waals surface area contributed by atoms with Crippen molar-refractivity contribution in [2.75, 3.05) is 53.6 Å². The molecule has 1 aliphatic rings. The quantitative estimate of drug-likeness (QED) is 0.695. The number of nitrogens with one attached hydrogen (secondary N) is 1. The molecular weight excluding hydrogens is 368 g/mol. The molecule has 0 amide bonds. The highest BCUT2D eigenvalue weighted by atomic mass is 16.5. The van der Waals surface area contributed by atoms with Crippen molar-refractivity contribution in [1.82, 2.24) is 10.2 Å². The van der Waals surface area contributed by atoms with Gasteiger partial charge in [0.1, 0.15) is 11.5 Å². The van der Waals surface area contributed by atoms with Crippen molar-refractivity contribution in [1.29, 1.82) is 0 Å². The second-order valence-electron chi connectivity index (χ2n) is 6.84. The van der Waals surface area contributed by atoms with Crippen LogP contribution in [0.25, 0.3) is 0 Å². The smallest absolute Gasteiger partial charge is 0.161 e. The summed E-state index contributed by atoms with van der Waals surface area (Å²) in [5.74, 6) is 3.17. The first-order valence-electron chi connectivity index (χ1n) is 10.3. The van der Waals surface area contributed by atoms with Gasteiger partial charge in [-0.1, -0.05) is 12.1 Å². The van der Waals surface area contributed by atoms with Gasteiger partial charge in [0.25, 0.3) is 0 Å². The first kappa shape index (κ1) is 21.3. The fraction of sp³-hybridized carbons (Fsp3) is 0.478. The Morgan fingerprint density at radius 1 is 0.862 bits per heavy atom. The maximum atomic E-state index is 5.90. The van der Waals surface area contributed by atoms with Crippen LogP contribution in [0.15, 0.2) is 36.4 Å². The minimum atomic E-state index is -0.0157. The van der Waals surface area contributed by atoms with Crippen LogP contribution >= 0.6 is 0 Å². The third kappa shape index (κ3) is 4.77. The van der Waals surface area contributed by atoms with E-state index in [0.717, 1.165) is 60.3 Å². The van der Waals surface area contributed by atoms with E-state index in [1.807, 2.05) is 38.1 Å². The van der Waals surface area contributed by atoms with Gasteiger partial charge in [-0.2, -0.15) is 0 Å². The lowest BCUT2D eigenvalue weighted by molar-refractivity contribution is 0.191. The van der Waals surface area contributed by atoms with Crippen LogP contribution < -0.4 is 24.3 Å². The van der Waals surface area contributed by atoms with E-state index >= 15 is 0 Å². The monoisotopic (exact) mass is 400 g/mol. The van der Waals surface area contributed by atoms with Gasteiger partial charge in [0, 0.05) is 26.2 Å². The van der Waals surface area contributed by atoms with Crippen molar-refractivity contribution in [3.63, 3.8) is 0 Å². The van der Waals surface area contributed by atoms with Crippen molar-refractivity contribution in [2.24, 2.45) is 0 Å². The average molecular weight is 401 g/mol. The molecular formula is C23H32N2O4. The van der Waals surface area contributed by atoms with Gasteiger partial charge < -0.3 is 24.3 Å². The number of nitrogens with zero attached hydrogens (tertiary/aromatic N) is 1. The summed E-state index contributed by atoms with van der Waals surface area (Å²) in [6, 6.07) is 12.1. The Morgan fingerprint density at radius 3 is 2.07 bits per heavy atom. The van der Waals surface area contributed by atoms with Gasteiger partial charge in [-0.05, 0) is 43.7 Å². The van der Waals surface area contributed by atoms with Crippen LogP contribution in [0.3, 0.4) is 0 Å². The molecule has 158 valence electrons. The summed E-state index contributed by atoms with van der Waals surface area (Å²) >= 11 is 0. The molecule has 1 saturated heterocycles. The van der Waals surface area contributed by atoms with Crippen LogP contribution in [0, 0.1) is 0 Å². The Hall–Kier alpha value is -2.44. The molecule has 1 heterocycles. The first-order valence-corrected chi connectivity index (χ1v) is 10.3. The fourth-order valence-electron chi connectivity index (χ4n) is 3.89. The number of benzene rings is 2. The molecule has 1 fully saturated rings. The SMILES string of the molecule is CCOc1ccc(C(c2c(OC)cccc2OC)N2CCNCC2)cc1OCC. The molecule has 6 heteroatoms. The van der Waals surface area contributed by atoms with Crippen LogP contribution in [0.2, 0.25) is 0 Å². The second kappa shape index (κ2) is 10.4. The molecule has 1 unspecified atom stereocenters. The molecule has 0 aliphatic carbocycles. The Bertz CT molecular complexity index is 768. The van der Waals surface area contributed by atoms with Crippen molar-refractivity contribution < 1.29 is 18.9 Å². The zero-order chi connectivity index (χ0) is 20.6. The van der Waals surface area contributed by atoms with Crippen molar-refractivity contribution in [3.8, 4) is 23.0 Å². The number of ether oxygens (including phenoxy) is 4. The molecule has 2 aromatic carbocycles. The Labute approximate surface area is 173 Å². The average Bonchev–Trinajstić information content (AvgIpc) is 2.76. The Kier molecular flexibility index (Phi) is 7.61. The van der Waals surface area contributed by atoms with Gasteiger partial charge in [0.05, 0.1) is 39.0 Å². The molecule has 0 aromatic heterocycles. The van der Waals surface area contributed by atoms with Crippen LogP contribution in [-0.2, 0) is 0 Å². The Balaban J connectivity index is 2.14. The second-order valence-corrected chi connectivity index (χ2v) is 6.84. The summed E-state index contributed by atoms with van der Waals surface area (Å²) in [6.45, 7) is 8.91. The van der Waals surface area contributed by atoms with Gasteiger partial charge in [0.15, 0.2) is 11.5 Å². The molecule has 2 aromatic rings. The number of piperazine rings is 1. The summed E-state index contributed by atoms with van der Waals surface area (Å²) in [6.07, 6.45) is 0. The van der Waals surface area contributed by atoms with Crippen LogP contribution in [0.1, 0.15) is 31.0 Å². The summed E-state index contributed by atoms with van der Waals surface area (Å²) in [5.41, 5.74) is 2.16. The zero-order valence-electron chi connectivity index (χ0n) is 17.9. The number of hydrogen-bond acceptors (Lipinski definition) is 6. The third-order valence-electron chi connectivity index (χ3n) is 5.14. The molecule has 0 radical (unpaired) electrons. The zero-order valence-corrected chi connectivity index (χ0v) is 17.9. The van der Waals surface area contributed by atoms with Crippen molar-refractivity contribution in [2.45, 2.75) is 19.9 Å². The van der Waals surface area contributed by atoms with E-state index in [9.17, 15) is 0 Å². The van der Waals surface area contributed by atoms with Gasteiger partial charge in [-0.25, -0.2) is 0 Å². The molecule has 0 saturated carbocycles. The standard InChI is InChI=1S/C23H32N2O4/c1-5-28-18-11-10-17(16-21(18)29-6-2)23(25-14-12-24-13-15-25)22-19(26-3)8-7-9-20(22)27-4/h7-11,16,23-24H,5-6,12-15H2,1-4H3. The van der Waals surface area contributed by atoms with E-state index in [-0.39, 0.29) is 6.04 Å². The van der Waals surface area contributed by atoms with Gasteiger partial charge in [-0.3, -0.25) is 4.90 Å². The van der Waals surface area contributed by atoms with Crippen LogP contribution in [0.5, 0.6) is 23.0 Å². The molecule has 1 N–H and O–H groups in total. The molecule has 1 aliphatic heterocycles. The summed E-state index contributed by atoms with van der Waals surface area (Å²) in [5, 5.41) is 3.44. The fourth-order valence-corrected chi connectivity index (χ4v) is 3.89. The van der Waals surface area contributed by atoms with Gasteiger partial charge in [-0.15, -0.1) is 0 Å². The van der Waals surface area contributed by atoms with Crippen molar-refractivity contribution >= 4 is 0 Å². The highest BCUT2D eigenvalue weighted by Crippen LogP contribution is 2.43. The minimum Gasteiger partial charge on any atom is -0.496 e. The Morgan fingerprint density at radius 2 is 1.48 bits per heavy atom. The molecule has 6 nitrogen and oxygen atoms in total. The number of rotatable bonds is 9. The molecule has 29 heavy (non-hydrogen) atoms. The molecule has 0 bridgehead atoms. The lowest BCUT2D eigenvalue weighted by Crippen LogP contribution is -2.45. The lowest BCUT2D eigenvalue weighted by Gasteiger charge is -2.36. The predicted octanol–water partition coefficient (Wildman–Crippen LogP) is 3.50. The van der Waals surface area contributed by atoms with Crippen LogP contribution in [0.4, 0.5) is 0 Å². The van der Waals surface area contributed by atoms with Crippen LogP contribution in [-0.4, -0.2) is 58.5 Å². The number of hydrogen-bond donors (Lipinski definition) is 1. The van der Waals surface area contributed by atoms with E-state index in [1.54, 1.807) is 14.2 Å². The predicted molar refractivity (Wildman–Crippen MR) is 115 cm³/mol. The maximum Gasteiger partial charge on any atom is 0.161 e. The summed E-state index contributed by atoms with van der Waals surface area (Å²) in [7, 11) is 3.41. The van der Waals surface area contributed by atoms with Crippen molar-refractivity contribution in [3.05, 3.63) is 47.5 Å². The topological polar surface area (TPSA) is 52.2 Å². The van der Waals surface area contributed by atoms with Gasteiger partial charge >= 0.3 is 0 Å². The van der Waals surface area contributed by atoms with E-state index in [4.69, 9.17) is 18.9 Å².